The van der Waals surface area contributed by atoms with Gasteiger partial charge < -0.3 is 10.1 Å². The van der Waals surface area contributed by atoms with E-state index in [4.69, 9.17) is 4.74 Å². The fraction of sp³-hybridized carbons (Fsp3) is 1.00. The first-order valence-corrected chi connectivity index (χ1v) is 8.52. The fourth-order valence-electron chi connectivity index (χ4n) is 3.92. The van der Waals surface area contributed by atoms with Crippen LogP contribution < -0.4 is 5.32 Å². The molecule has 1 aliphatic heterocycles. The summed E-state index contributed by atoms with van der Waals surface area (Å²) in [5.41, 5.74) is 0.293. The summed E-state index contributed by atoms with van der Waals surface area (Å²) in [5, 5.41) is 3.74. The molecule has 1 saturated carbocycles. The molecule has 5 atom stereocenters. The van der Waals surface area contributed by atoms with Crippen LogP contribution in [0.3, 0.4) is 0 Å². The van der Waals surface area contributed by atoms with E-state index in [9.17, 15) is 0 Å². The van der Waals surface area contributed by atoms with Crippen LogP contribution in [0.15, 0.2) is 0 Å². The number of hydrogen-bond acceptors (Lipinski definition) is 3. The molecule has 1 aliphatic carbocycles. The smallest absolute Gasteiger partial charge is 0.0655 e. The third kappa shape index (κ3) is 2.90. The van der Waals surface area contributed by atoms with Crippen LogP contribution in [0.1, 0.15) is 54.4 Å². The maximum absolute atomic E-state index is 5.90. The average Bonchev–Trinajstić information content (AvgIpc) is 2.43. The lowest BCUT2D eigenvalue weighted by atomic mass is 9.63. The van der Waals surface area contributed by atoms with Crippen LogP contribution >= 0.6 is 0 Å². The molecule has 0 spiro atoms. The highest BCUT2D eigenvalue weighted by atomic mass is 16.5. The Balaban J connectivity index is 2.00. The SMILES string of the molecule is CCOC1CC(N2CC(C(C)CC)NCC2C)C1(C)C. The van der Waals surface area contributed by atoms with E-state index in [1.54, 1.807) is 0 Å². The molecule has 1 N–H and O–H groups in total. The zero-order valence-electron chi connectivity index (χ0n) is 14.3. The molecule has 0 bridgehead atoms. The van der Waals surface area contributed by atoms with Crippen molar-refractivity contribution in [3.8, 4) is 0 Å². The highest BCUT2D eigenvalue weighted by Crippen LogP contribution is 2.46. The topological polar surface area (TPSA) is 24.5 Å². The van der Waals surface area contributed by atoms with Gasteiger partial charge in [-0.3, -0.25) is 4.90 Å². The maximum atomic E-state index is 5.90. The zero-order chi connectivity index (χ0) is 14.9. The Morgan fingerprint density at radius 3 is 2.60 bits per heavy atom. The van der Waals surface area contributed by atoms with Gasteiger partial charge in [-0.1, -0.05) is 34.1 Å². The van der Waals surface area contributed by atoms with E-state index in [0.717, 1.165) is 19.1 Å². The third-order valence-corrected chi connectivity index (χ3v) is 5.87. The zero-order valence-corrected chi connectivity index (χ0v) is 14.3. The fourth-order valence-corrected chi connectivity index (χ4v) is 3.92. The predicted molar refractivity (Wildman–Crippen MR) is 85.0 cm³/mol. The van der Waals surface area contributed by atoms with Crippen molar-refractivity contribution in [1.29, 1.82) is 0 Å². The van der Waals surface area contributed by atoms with Gasteiger partial charge in [-0.15, -0.1) is 0 Å². The first kappa shape index (κ1) is 16.3. The standard InChI is InChI=1S/C17H34N2O/c1-7-12(3)14-11-19(13(4)10-18-14)15-9-16(20-8-2)17(15,5)6/h12-16,18H,7-11H2,1-6H3. The van der Waals surface area contributed by atoms with Crippen molar-refractivity contribution < 1.29 is 4.74 Å². The van der Waals surface area contributed by atoms with Crippen LogP contribution in [0.4, 0.5) is 0 Å². The van der Waals surface area contributed by atoms with Crippen LogP contribution in [-0.4, -0.2) is 48.8 Å². The van der Waals surface area contributed by atoms with Crippen LogP contribution in [0, 0.1) is 11.3 Å². The van der Waals surface area contributed by atoms with Gasteiger partial charge in [-0.2, -0.15) is 0 Å². The molecule has 1 heterocycles. The summed E-state index contributed by atoms with van der Waals surface area (Å²) in [6, 6.07) is 1.98. The van der Waals surface area contributed by atoms with Gasteiger partial charge in [0, 0.05) is 43.2 Å². The molecule has 1 saturated heterocycles. The predicted octanol–water partition coefficient (Wildman–Crippen LogP) is 2.90. The van der Waals surface area contributed by atoms with Gasteiger partial charge in [0.25, 0.3) is 0 Å². The molecular formula is C17H34N2O. The Morgan fingerprint density at radius 1 is 1.35 bits per heavy atom. The number of hydrogen-bond donors (Lipinski definition) is 1. The van der Waals surface area contributed by atoms with Gasteiger partial charge >= 0.3 is 0 Å². The number of ether oxygens (including phenoxy) is 1. The summed E-state index contributed by atoms with van der Waals surface area (Å²) in [7, 11) is 0. The lowest BCUT2D eigenvalue weighted by Crippen LogP contribution is -2.69. The van der Waals surface area contributed by atoms with Gasteiger partial charge in [0.2, 0.25) is 0 Å². The van der Waals surface area contributed by atoms with Gasteiger partial charge in [0.1, 0.15) is 0 Å². The highest BCUT2D eigenvalue weighted by molar-refractivity contribution is 5.06. The lowest BCUT2D eigenvalue weighted by molar-refractivity contribution is -0.162. The minimum Gasteiger partial charge on any atom is -0.378 e. The first-order valence-electron chi connectivity index (χ1n) is 8.52. The van der Waals surface area contributed by atoms with E-state index < -0.39 is 0 Å². The minimum absolute atomic E-state index is 0.293. The molecule has 2 rings (SSSR count). The highest BCUT2D eigenvalue weighted by Gasteiger charge is 2.53. The monoisotopic (exact) mass is 282 g/mol. The molecule has 5 unspecified atom stereocenters. The van der Waals surface area contributed by atoms with Crippen molar-refractivity contribution in [3.63, 3.8) is 0 Å². The molecule has 3 nitrogen and oxygen atoms in total. The number of rotatable bonds is 5. The number of nitrogens with one attached hydrogen (secondary N) is 1. The van der Waals surface area contributed by atoms with Gasteiger partial charge in [-0.05, 0) is 26.2 Å². The van der Waals surface area contributed by atoms with Crippen LogP contribution in [-0.2, 0) is 4.74 Å². The Morgan fingerprint density at radius 2 is 2.05 bits per heavy atom. The van der Waals surface area contributed by atoms with Gasteiger partial charge in [-0.25, -0.2) is 0 Å². The summed E-state index contributed by atoms with van der Waals surface area (Å²) in [6.45, 7) is 17.1. The second kappa shape index (κ2) is 6.33. The summed E-state index contributed by atoms with van der Waals surface area (Å²) in [4.78, 5) is 2.75. The maximum Gasteiger partial charge on any atom is 0.0655 e. The van der Waals surface area contributed by atoms with E-state index in [2.05, 4.69) is 51.8 Å². The van der Waals surface area contributed by atoms with E-state index in [0.29, 0.717) is 29.6 Å². The van der Waals surface area contributed by atoms with Crippen molar-refractivity contribution in [3.05, 3.63) is 0 Å². The van der Waals surface area contributed by atoms with Crippen molar-refractivity contribution in [2.24, 2.45) is 11.3 Å². The second-order valence-electron chi connectivity index (χ2n) is 7.46. The van der Waals surface area contributed by atoms with Crippen LogP contribution in [0.5, 0.6) is 0 Å². The average molecular weight is 282 g/mol. The van der Waals surface area contributed by atoms with Crippen molar-refractivity contribution in [2.75, 3.05) is 19.7 Å². The second-order valence-corrected chi connectivity index (χ2v) is 7.46. The van der Waals surface area contributed by atoms with E-state index in [1.807, 2.05) is 0 Å². The molecule has 118 valence electrons. The Kier molecular flexibility index (Phi) is 5.14. The number of piperazine rings is 1. The Hall–Kier alpha value is -0.120. The largest absolute Gasteiger partial charge is 0.378 e. The van der Waals surface area contributed by atoms with Crippen molar-refractivity contribution >= 4 is 0 Å². The normalized spacial score (nSPS) is 39.3. The molecule has 0 aromatic heterocycles. The molecule has 2 aliphatic rings. The van der Waals surface area contributed by atoms with E-state index in [-0.39, 0.29) is 0 Å². The van der Waals surface area contributed by atoms with E-state index in [1.165, 1.54) is 19.4 Å². The molecule has 3 heteroatoms. The lowest BCUT2D eigenvalue weighted by Gasteiger charge is -2.59. The molecule has 0 aromatic carbocycles. The minimum atomic E-state index is 0.293. The molecule has 0 radical (unpaired) electrons. The quantitative estimate of drug-likeness (QED) is 0.839. The molecule has 0 amide bonds. The summed E-state index contributed by atoms with van der Waals surface area (Å²) < 4.78 is 5.90. The first-order chi connectivity index (χ1) is 9.41. The van der Waals surface area contributed by atoms with Crippen LogP contribution in [0.2, 0.25) is 0 Å². The van der Waals surface area contributed by atoms with Crippen molar-refractivity contribution in [2.45, 2.75) is 78.6 Å². The van der Waals surface area contributed by atoms with Gasteiger partial charge in [0.05, 0.1) is 6.10 Å². The molecular weight excluding hydrogens is 248 g/mol. The Bertz CT molecular complexity index is 318. The molecule has 2 fully saturated rings. The van der Waals surface area contributed by atoms with Gasteiger partial charge in [0.15, 0.2) is 0 Å². The summed E-state index contributed by atoms with van der Waals surface area (Å²) >= 11 is 0. The molecule has 20 heavy (non-hydrogen) atoms. The summed E-state index contributed by atoms with van der Waals surface area (Å²) in [5.74, 6) is 0.760. The summed E-state index contributed by atoms with van der Waals surface area (Å²) in [6.07, 6.45) is 2.91. The Labute approximate surface area is 125 Å². The van der Waals surface area contributed by atoms with Crippen LogP contribution in [0.25, 0.3) is 0 Å². The van der Waals surface area contributed by atoms with E-state index >= 15 is 0 Å². The molecule has 0 aromatic rings. The number of nitrogens with zero attached hydrogens (tertiary/aromatic N) is 1. The third-order valence-electron chi connectivity index (χ3n) is 5.87. The van der Waals surface area contributed by atoms with Crippen molar-refractivity contribution in [1.82, 2.24) is 10.2 Å².